The molecule has 1 fully saturated rings. The summed E-state index contributed by atoms with van der Waals surface area (Å²) in [6.07, 6.45) is 2.74. The lowest BCUT2D eigenvalue weighted by molar-refractivity contribution is -0.121. The second-order valence-electron chi connectivity index (χ2n) is 5.39. The van der Waals surface area contributed by atoms with E-state index in [-0.39, 0.29) is 5.91 Å². The molecule has 2 aromatic rings. The molecule has 0 bridgehead atoms. The van der Waals surface area contributed by atoms with E-state index in [4.69, 9.17) is 0 Å². The smallest absolute Gasteiger partial charge is 0.220 e. The van der Waals surface area contributed by atoms with Crippen molar-refractivity contribution in [3.63, 3.8) is 0 Å². The first-order valence-corrected chi connectivity index (χ1v) is 7.16. The number of fused-ring (bicyclic) bond motifs is 1. The lowest BCUT2D eigenvalue weighted by Gasteiger charge is -2.31. The molecule has 1 aromatic carbocycles. The van der Waals surface area contributed by atoms with Crippen molar-refractivity contribution in [2.45, 2.75) is 19.3 Å². The summed E-state index contributed by atoms with van der Waals surface area (Å²) in [7, 11) is 1.70. The van der Waals surface area contributed by atoms with E-state index < -0.39 is 0 Å². The summed E-state index contributed by atoms with van der Waals surface area (Å²) in [5.41, 5.74) is 2.09. The average molecular weight is 272 g/mol. The molecule has 1 aliphatic rings. The Hall–Kier alpha value is -2.04. The molecule has 0 radical (unpaired) electrons. The normalized spacial score (nSPS) is 16.6. The monoisotopic (exact) mass is 272 g/mol. The standard InChI is InChI=1S/C15H20N4O/c1-16-14(20)10-11-6-8-19(9-7-11)15-17-12-4-2-3-5-13(12)18-15/h2-5,11H,6-10H2,1H3,(H,16,20)(H,17,18). The molecule has 1 aliphatic heterocycles. The number of H-pyrrole nitrogens is 1. The molecule has 5 heteroatoms. The molecule has 2 heterocycles. The summed E-state index contributed by atoms with van der Waals surface area (Å²) in [5, 5.41) is 2.70. The maximum Gasteiger partial charge on any atom is 0.220 e. The van der Waals surface area contributed by atoms with Gasteiger partial charge in [0.25, 0.3) is 0 Å². The summed E-state index contributed by atoms with van der Waals surface area (Å²) < 4.78 is 0. The molecular weight excluding hydrogens is 252 g/mol. The molecule has 5 nitrogen and oxygen atoms in total. The Morgan fingerprint density at radius 1 is 1.40 bits per heavy atom. The van der Waals surface area contributed by atoms with Crippen LogP contribution < -0.4 is 10.2 Å². The summed E-state index contributed by atoms with van der Waals surface area (Å²) in [6, 6.07) is 8.08. The van der Waals surface area contributed by atoms with Gasteiger partial charge >= 0.3 is 0 Å². The number of para-hydroxylation sites is 2. The molecule has 0 unspecified atom stereocenters. The molecule has 1 saturated heterocycles. The van der Waals surface area contributed by atoms with Crippen LogP contribution >= 0.6 is 0 Å². The van der Waals surface area contributed by atoms with Gasteiger partial charge in [0, 0.05) is 26.6 Å². The zero-order valence-corrected chi connectivity index (χ0v) is 11.7. The van der Waals surface area contributed by atoms with Crippen LogP contribution in [0.15, 0.2) is 24.3 Å². The number of carbonyl (C=O) groups excluding carboxylic acids is 1. The predicted octanol–water partition coefficient (Wildman–Crippen LogP) is 1.92. The van der Waals surface area contributed by atoms with Crippen LogP contribution in [-0.4, -0.2) is 36.0 Å². The van der Waals surface area contributed by atoms with Crippen molar-refractivity contribution >= 4 is 22.9 Å². The van der Waals surface area contributed by atoms with Crippen molar-refractivity contribution in [2.24, 2.45) is 5.92 Å². The Morgan fingerprint density at radius 2 is 2.15 bits per heavy atom. The van der Waals surface area contributed by atoms with E-state index in [1.807, 2.05) is 24.3 Å². The summed E-state index contributed by atoms with van der Waals surface area (Å²) in [6.45, 7) is 1.92. The number of anilines is 1. The quantitative estimate of drug-likeness (QED) is 0.897. The van der Waals surface area contributed by atoms with E-state index in [1.165, 1.54) is 0 Å². The van der Waals surface area contributed by atoms with Gasteiger partial charge in [0.15, 0.2) is 0 Å². The van der Waals surface area contributed by atoms with E-state index >= 15 is 0 Å². The van der Waals surface area contributed by atoms with Gasteiger partial charge < -0.3 is 15.2 Å². The largest absolute Gasteiger partial charge is 0.359 e. The molecule has 1 amide bonds. The number of amides is 1. The van der Waals surface area contributed by atoms with Gasteiger partial charge in [0.2, 0.25) is 11.9 Å². The first-order chi connectivity index (χ1) is 9.76. The minimum absolute atomic E-state index is 0.146. The van der Waals surface area contributed by atoms with Crippen LogP contribution in [-0.2, 0) is 4.79 Å². The van der Waals surface area contributed by atoms with E-state index in [2.05, 4.69) is 20.2 Å². The number of benzene rings is 1. The van der Waals surface area contributed by atoms with Gasteiger partial charge in [-0.1, -0.05) is 12.1 Å². The molecule has 20 heavy (non-hydrogen) atoms. The van der Waals surface area contributed by atoms with Gasteiger partial charge in [-0.15, -0.1) is 0 Å². The molecule has 1 aromatic heterocycles. The van der Waals surface area contributed by atoms with Gasteiger partial charge in [0.05, 0.1) is 11.0 Å². The number of piperidine rings is 1. The number of imidazole rings is 1. The molecule has 0 saturated carbocycles. The van der Waals surface area contributed by atoms with Crippen molar-refractivity contribution in [1.82, 2.24) is 15.3 Å². The average Bonchev–Trinajstić information content (AvgIpc) is 2.91. The number of nitrogens with one attached hydrogen (secondary N) is 2. The SMILES string of the molecule is CNC(=O)CC1CCN(c2nc3ccccc3[nH]2)CC1. The number of carbonyl (C=O) groups is 1. The second-order valence-corrected chi connectivity index (χ2v) is 5.39. The van der Waals surface area contributed by atoms with E-state index in [0.717, 1.165) is 42.9 Å². The van der Waals surface area contributed by atoms with Crippen molar-refractivity contribution in [3.8, 4) is 0 Å². The summed E-state index contributed by atoms with van der Waals surface area (Å²) >= 11 is 0. The van der Waals surface area contributed by atoms with Crippen LogP contribution in [0.4, 0.5) is 5.95 Å². The Morgan fingerprint density at radius 3 is 2.85 bits per heavy atom. The molecule has 0 aliphatic carbocycles. The number of hydrogen-bond donors (Lipinski definition) is 2. The lowest BCUT2D eigenvalue weighted by Crippen LogP contribution is -2.36. The number of nitrogens with zero attached hydrogens (tertiary/aromatic N) is 2. The minimum atomic E-state index is 0.146. The summed E-state index contributed by atoms with van der Waals surface area (Å²) in [5.74, 6) is 1.59. The Bertz CT molecular complexity index is 566. The third kappa shape index (κ3) is 2.61. The zero-order chi connectivity index (χ0) is 13.9. The van der Waals surface area contributed by atoms with Crippen LogP contribution in [0.25, 0.3) is 11.0 Å². The van der Waals surface area contributed by atoms with Crippen LogP contribution in [0, 0.1) is 5.92 Å². The van der Waals surface area contributed by atoms with E-state index in [1.54, 1.807) is 7.05 Å². The van der Waals surface area contributed by atoms with Gasteiger partial charge in [-0.2, -0.15) is 0 Å². The minimum Gasteiger partial charge on any atom is -0.359 e. The van der Waals surface area contributed by atoms with Crippen LogP contribution in [0.3, 0.4) is 0 Å². The highest BCUT2D eigenvalue weighted by atomic mass is 16.1. The first-order valence-electron chi connectivity index (χ1n) is 7.16. The van der Waals surface area contributed by atoms with E-state index in [9.17, 15) is 4.79 Å². The van der Waals surface area contributed by atoms with Crippen molar-refractivity contribution in [1.29, 1.82) is 0 Å². The summed E-state index contributed by atoms with van der Waals surface area (Å²) in [4.78, 5) is 21.7. The Balaban J connectivity index is 1.64. The first kappa shape index (κ1) is 13.0. The van der Waals surface area contributed by atoms with Crippen molar-refractivity contribution < 1.29 is 4.79 Å². The fourth-order valence-electron chi connectivity index (χ4n) is 2.80. The highest BCUT2D eigenvalue weighted by Gasteiger charge is 2.22. The van der Waals surface area contributed by atoms with Crippen LogP contribution in [0.2, 0.25) is 0 Å². The van der Waals surface area contributed by atoms with Gasteiger partial charge in [0.1, 0.15) is 0 Å². The molecule has 0 spiro atoms. The number of aromatic amines is 1. The van der Waals surface area contributed by atoms with Gasteiger partial charge in [-0.05, 0) is 30.9 Å². The Kier molecular flexibility index (Phi) is 3.58. The van der Waals surface area contributed by atoms with E-state index in [0.29, 0.717) is 12.3 Å². The van der Waals surface area contributed by atoms with Crippen molar-refractivity contribution in [3.05, 3.63) is 24.3 Å². The fourth-order valence-corrected chi connectivity index (χ4v) is 2.80. The van der Waals surface area contributed by atoms with Crippen LogP contribution in [0.5, 0.6) is 0 Å². The molecule has 106 valence electrons. The fraction of sp³-hybridized carbons (Fsp3) is 0.467. The third-order valence-corrected chi connectivity index (χ3v) is 4.04. The van der Waals surface area contributed by atoms with Gasteiger partial charge in [-0.3, -0.25) is 4.79 Å². The van der Waals surface area contributed by atoms with Gasteiger partial charge in [-0.25, -0.2) is 4.98 Å². The second kappa shape index (κ2) is 5.53. The molecule has 3 rings (SSSR count). The number of aromatic nitrogens is 2. The zero-order valence-electron chi connectivity index (χ0n) is 11.7. The molecule has 2 N–H and O–H groups in total. The van der Waals surface area contributed by atoms with Crippen LogP contribution in [0.1, 0.15) is 19.3 Å². The maximum atomic E-state index is 11.4. The lowest BCUT2D eigenvalue weighted by atomic mass is 9.93. The predicted molar refractivity (Wildman–Crippen MR) is 79.7 cm³/mol. The molecular formula is C15H20N4O. The number of hydrogen-bond acceptors (Lipinski definition) is 3. The van der Waals surface area contributed by atoms with Crippen molar-refractivity contribution in [2.75, 3.05) is 25.0 Å². The topological polar surface area (TPSA) is 61.0 Å². The maximum absolute atomic E-state index is 11.4. The highest BCUT2D eigenvalue weighted by molar-refractivity contribution is 5.77. The molecule has 0 atom stereocenters. The highest BCUT2D eigenvalue weighted by Crippen LogP contribution is 2.25. The number of rotatable bonds is 3. The third-order valence-electron chi connectivity index (χ3n) is 4.04. The Labute approximate surface area is 118 Å².